The smallest absolute Gasteiger partial charge is 0.366 e. The fourth-order valence-electron chi connectivity index (χ4n) is 3.76. The first-order valence-electron chi connectivity index (χ1n) is 11.0. The molecule has 12 heteroatoms. The van der Waals surface area contributed by atoms with Gasteiger partial charge in [-0.05, 0) is 32.9 Å². The van der Waals surface area contributed by atoms with Gasteiger partial charge in [0.25, 0.3) is 5.91 Å². The van der Waals surface area contributed by atoms with Crippen molar-refractivity contribution in [1.29, 1.82) is 0 Å². The average Bonchev–Trinajstić information content (AvgIpc) is 3.23. The Kier molecular flexibility index (Phi) is 6.66. The number of carbonyl (C=O) groups excluding carboxylic acids is 1. The number of likely N-dealkylation sites (N-methyl/N-ethyl adjacent to an activating group) is 1. The second-order valence-corrected chi connectivity index (χ2v) is 8.56. The van der Waals surface area contributed by atoms with E-state index < -0.39 is 18.0 Å². The fraction of sp³-hybridized carbons (Fsp3) is 0.391. The van der Waals surface area contributed by atoms with Crippen molar-refractivity contribution in [3.8, 4) is 0 Å². The van der Waals surface area contributed by atoms with Crippen molar-refractivity contribution in [2.45, 2.75) is 52.4 Å². The van der Waals surface area contributed by atoms with Crippen molar-refractivity contribution in [3.05, 3.63) is 59.3 Å². The molecule has 0 radical (unpaired) electrons. The number of halogens is 3. The minimum atomic E-state index is -4.42. The predicted octanol–water partition coefficient (Wildman–Crippen LogP) is 3.80. The summed E-state index contributed by atoms with van der Waals surface area (Å²) in [5, 5.41) is 10.3. The minimum absolute atomic E-state index is 0.113. The SMILES string of the molecule is Cc1nc(NCc2cnn(Cc3cc(C(F)(F)F)ccn3)c2)cc2c1NC(=O)C(OC(C)C)N2C. The van der Waals surface area contributed by atoms with Crippen molar-refractivity contribution in [1.82, 2.24) is 19.7 Å². The molecule has 0 saturated heterocycles. The Balaban J connectivity index is 1.45. The van der Waals surface area contributed by atoms with Crippen LogP contribution in [0.15, 0.2) is 36.8 Å². The number of fused-ring (bicyclic) bond motifs is 1. The predicted molar refractivity (Wildman–Crippen MR) is 124 cm³/mol. The number of amides is 1. The number of aryl methyl sites for hydroxylation is 1. The number of nitrogens with one attached hydrogen (secondary N) is 2. The summed E-state index contributed by atoms with van der Waals surface area (Å²) in [5.41, 5.74) is 2.39. The summed E-state index contributed by atoms with van der Waals surface area (Å²) in [6.07, 6.45) is -0.791. The van der Waals surface area contributed by atoms with Crippen LogP contribution in [-0.4, -0.2) is 45.0 Å². The first-order valence-corrected chi connectivity index (χ1v) is 11.0. The zero-order chi connectivity index (χ0) is 25.3. The zero-order valence-electron chi connectivity index (χ0n) is 19.7. The summed E-state index contributed by atoms with van der Waals surface area (Å²) in [6.45, 7) is 6.04. The molecule has 1 atom stereocenters. The van der Waals surface area contributed by atoms with E-state index in [0.29, 0.717) is 23.7 Å². The van der Waals surface area contributed by atoms with E-state index >= 15 is 0 Å². The highest BCUT2D eigenvalue weighted by Crippen LogP contribution is 2.35. The van der Waals surface area contributed by atoms with Gasteiger partial charge in [0.05, 0.1) is 47.2 Å². The Hall–Kier alpha value is -3.67. The van der Waals surface area contributed by atoms with Crippen LogP contribution in [0.3, 0.4) is 0 Å². The van der Waals surface area contributed by atoms with Crippen LogP contribution in [0.2, 0.25) is 0 Å². The number of ether oxygens (including phenoxy) is 1. The number of carbonyl (C=O) groups is 1. The highest BCUT2D eigenvalue weighted by molar-refractivity contribution is 6.03. The molecule has 0 spiro atoms. The fourth-order valence-corrected chi connectivity index (χ4v) is 3.76. The number of alkyl halides is 3. The molecule has 0 fully saturated rings. The number of rotatable bonds is 7. The summed E-state index contributed by atoms with van der Waals surface area (Å²) in [7, 11) is 1.79. The third kappa shape index (κ3) is 5.53. The second-order valence-electron chi connectivity index (χ2n) is 8.56. The van der Waals surface area contributed by atoms with Gasteiger partial charge < -0.3 is 20.3 Å². The molecular weight excluding hydrogens is 463 g/mol. The topological polar surface area (TPSA) is 97.2 Å². The van der Waals surface area contributed by atoms with E-state index in [9.17, 15) is 18.0 Å². The van der Waals surface area contributed by atoms with Crippen LogP contribution in [0, 0.1) is 6.92 Å². The van der Waals surface area contributed by atoms with Crippen molar-refractivity contribution in [3.63, 3.8) is 0 Å². The summed E-state index contributed by atoms with van der Waals surface area (Å²) in [4.78, 5) is 22.8. The second kappa shape index (κ2) is 9.53. The summed E-state index contributed by atoms with van der Waals surface area (Å²) >= 11 is 0. The van der Waals surface area contributed by atoms with Gasteiger partial charge in [0.2, 0.25) is 6.23 Å². The minimum Gasteiger partial charge on any atom is -0.366 e. The molecule has 4 heterocycles. The monoisotopic (exact) mass is 489 g/mol. The average molecular weight is 490 g/mol. The third-order valence-corrected chi connectivity index (χ3v) is 5.41. The van der Waals surface area contributed by atoms with Crippen molar-refractivity contribution in [2.24, 2.45) is 0 Å². The molecular formula is C23H26F3N7O2. The maximum absolute atomic E-state index is 12.9. The number of aromatic nitrogens is 4. The van der Waals surface area contributed by atoms with Crippen LogP contribution in [-0.2, 0) is 28.8 Å². The van der Waals surface area contributed by atoms with Gasteiger partial charge in [-0.15, -0.1) is 0 Å². The van der Waals surface area contributed by atoms with Crippen LogP contribution in [0.4, 0.5) is 30.4 Å². The van der Waals surface area contributed by atoms with E-state index in [0.717, 1.165) is 29.6 Å². The first-order chi connectivity index (χ1) is 16.5. The van der Waals surface area contributed by atoms with Crippen LogP contribution in [0.5, 0.6) is 0 Å². The van der Waals surface area contributed by atoms with Gasteiger partial charge in [-0.2, -0.15) is 18.3 Å². The van der Waals surface area contributed by atoms with Crippen LogP contribution >= 0.6 is 0 Å². The Bertz CT molecular complexity index is 1230. The molecule has 1 amide bonds. The van der Waals surface area contributed by atoms with Gasteiger partial charge >= 0.3 is 6.18 Å². The lowest BCUT2D eigenvalue weighted by molar-refractivity contribution is -0.137. The third-order valence-electron chi connectivity index (χ3n) is 5.41. The molecule has 2 N–H and O–H groups in total. The van der Waals surface area contributed by atoms with Gasteiger partial charge in [-0.25, -0.2) is 4.98 Å². The number of hydrogen-bond acceptors (Lipinski definition) is 7. The number of nitrogens with zero attached hydrogens (tertiary/aromatic N) is 5. The van der Waals surface area contributed by atoms with E-state index in [4.69, 9.17) is 4.74 Å². The lowest BCUT2D eigenvalue weighted by atomic mass is 10.1. The van der Waals surface area contributed by atoms with Crippen LogP contribution < -0.4 is 15.5 Å². The van der Waals surface area contributed by atoms with Gasteiger partial charge in [-0.1, -0.05) is 0 Å². The van der Waals surface area contributed by atoms with E-state index in [-0.39, 0.29) is 24.2 Å². The number of pyridine rings is 2. The highest BCUT2D eigenvalue weighted by atomic mass is 19.4. The van der Waals surface area contributed by atoms with Crippen LogP contribution in [0.25, 0.3) is 0 Å². The molecule has 3 aromatic heterocycles. The molecule has 0 aliphatic carbocycles. The van der Waals surface area contributed by atoms with Crippen LogP contribution in [0.1, 0.15) is 36.4 Å². The standard InChI is InChI=1S/C23H26F3N7O2/c1-13(2)35-22-21(34)31-20-14(3)30-19(8-18(20)32(22)4)28-9-15-10-29-33(11-15)12-17-7-16(5-6-27-17)23(24,25)26/h5-8,10-11,13,22H,9,12H2,1-4H3,(H,28,30)(H,31,34). The first kappa shape index (κ1) is 24.5. The normalized spacial score (nSPS) is 15.8. The summed E-state index contributed by atoms with van der Waals surface area (Å²) in [5.74, 6) is 0.349. The summed E-state index contributed by atoms with van der Waals surface area (Å²) in [6, 6.07) is 3.79. The highest BCUT2D eigenvalue weighted by Gasteiger charge is 2.34. The van der Waals surface area contributed by atoms with E-state index in [2.05, 4.69) is 25.7 Å². The van der Waals surface area contributed by atoms with E-state index in [1.165, 1.54) is 4.68 Å². The van der Waals surface area contributed by atoms with Gasteiger partial charge in [0, 0.05) is 37.6 Å². The molecule has 35 heavy (non-hydrogen) atoms. The quantitative estimate of drug-likeness (QED) is 0.521. The molecule has 0 bridgehead atoms. The van der Waals surface area contributed by atoms with Gasteiger partial charge in [0.1, 0.15) is 5.82 Å². The van der Waals surface area contributed by atoms with Crippen molar-refractivity contribution >= 4 is 23.1 Å². The Morgan fingerprint density at radius 1 is 1.29 bits per heavy atom. The molecule has 0 aromatic carbocycles. The molecule has 3 aromatic rings. The lowest BCUT2D eigenvalue weighted by Gasteiger charge is -2.36. The maximum Gasteiger partial charge on any atom is 0.416 e. The molecule has 9 nitrogen and oxygen atoms in total. The van der Waals surface area contributed by atoms with E-state index in [1.54, 1.807) is 24.3 Å². The Morgan fingerprint density at radius 3 is 2.77 bits per heavy atom. The lowest BCUT2D eigenvalue weighted by Crippen LogP contribution is -2.49. The molecule has 4 rings (SSSR count). The maximum atomic E-state index is 12.9. The molecule has 0 saturated carbocycles. The molecule has 186 valence electrons. The number of hydrogen-bond donors (Lipinski definition) is 2. The molecule has 1 aliphatic heterocycles. The van der Waals surface area contributed by atoms with E-state index in [1.807, 2.05) is 26.8 Å². The largest absolute Gasteiger partial charge is 0.416 e. The zero-order valence-corrected chi connectivity index (χ0v) is 19.7. The number of anilines is 3. The van der Waals surface area contributed by atoms with Crippen molar-refractivity contribution < 1.29 is 22.7 Å². The van der Waals surface area contributed by atoms with Gasteiger partial charge in [-0.3, -0.25) is 14.5 Å². The molecule has 1 aliphatic rings. The summed E-state index contributed by atoms with van der Waals surface area (Å²) < 4.78 is 46.1. The molecule has 1 unspecified atom stereocenters. The van der Waals surface area contributed by atoms with Crippen molar-refractivity contribution in [2.75, 3.05) is 22.6 Å². The Labute approximate surface area is 200 Å². The van der Waals surface area contributed by atoms with Gasteiger partial charge in [0.15, 0.2) is 0 Å². The Morgan fingerprint density at radius 2 is 2.06 bits per heavy atom.